The molecule has 3 saturated carbocycles. The molecule has 8 heteroatoms. The number of esters is 1. The first kappa shape index (κ1) is 29.3. The fraction of sp³-hybridized carbons (Fsp3) is 0.767. The van der Waals surface area contributed by atoms with Crippen LogP contribution < -0.4 is 0 Å². The number of alkyl halides is 5. The highest BCUT2D eigenvalue weighted by Crippen LogP contribution is 2.45. The van der Waals surface area contributed by atoms with Gasteiger partial charge in [-0.1, -0.05) is 44.7 Å². The Hall–Kier alpha value is -1.70. The monoisotopic (exact) mass is 544 g/mol. The van der Waals surface area contributed by atoms with Crippen LogP contribution >= 0.6 is 0 Å². The lowest BCUT2D eigenvalue weighted by Crippen LogP contribution is -2.40. The van der Waals surface area contributed by atoms with Crippen molar-refractivity contribution in [3.05, 3.63) is 35.4 Å². The van der Waals surface area contributed by atoms with E-state index in [1.165, 1.54) is 69.8 Å². The Balaban J connectivity index is 1.20. The molecular formula is C30H41F5O3. The normalized spacial score (nSPS) is 31.1. The van der Waals surface area contributed by atoms with E-state index >= 15 is 0 Å². The largest absolute Gasteiger partial charge is 0.527 e. The Morgan fingerprint density at radius 1 is 0.789 bits per heavy atom. The Bertz CT molecular complexity index is 876. The molecule has 0 spiro atoms. The molecule has 0 aromatic heterocycles. The molecule has 4 rings (SSSR count). The van der Waals surface area contributed by atoms with Gasteiger partial charge < -0.3 is 4.74 Å². The molecule has 0 unspecified atom stereocenters. The van der Waals surface area contributed by atoms with Gasteiger partial charge in [0.1, 0.15) is 6.10 Å². The number of ether oxygens (including phenoxy) is 2. The van der Waals surface area contributed by atoms with Crippen molar-refractivity contribution in [1.82, 2.24) is 0 Å². The molecule has 3 fully saturated rings. The highest BCUT2D eigenvalue weighted by atomic mass is 19.4. The van der Waals surface area contributed by atoms with Gasteiger partial charge in [-0.05, 0) is 106 Å². The van der Waals surface area contributed by atoms with Crippen molar-refractivity contribution in [3.63, 3.8) is 0 Å². The van der Waals surface area contributed by atoms with E-state index in [4.69, 9.17) is 4.74 Å². The van der Waals surface area contributed by atoms with E-state index in [2.05, 4.69) is 11.7 Å². The zero-order valence-corrected chi connectivity index (χ0v) is 22.3. The second-order valence-electron chi connectivity index (χ2n) is 11.8. The number of carbonyl (C=O) groups is 1. The number of hydrogen-bond acceptors (Lipinski definition) is 3. The maximum absolute atomic E-state index is 13.8. The van der Waals surface area contributed by atoms with E-state index in [1.54, 1.807) is 12.1 Å². The molecule has 38 heavy (non-hydrogen) atoms. The zero-order chi connectivity index (χ0) is 27.3. The molecule has 0 bridgehead atoms. The number of hydrogen-bond donors (Lipinski definition) is 0. The van der Waals surface area contributed by atoms with Crippen LogP contribution in [-0.4, -0.2) is 24.5 Å². The molecular weight excluding hydrogens is 503 g/mol. The van der Waals surface area contributed by atoms with E-state index in [9.17, 15) is 26.7 Å². The Kier molecular flexibility index (Phi) is 9.75. The molecule has 0 saturated heterocycles. The molecule has 0 N–H and O–H groups in total. The van der Waals surface area contributed by atoms with Gasteiger partial charge in [-0.2, -0.15) is 8.78 Å². The number of carbonyl (C=O) groups excluding carboxylic acids is 1. The fourth-order valence-corrected chi connectivity index (χ4v) is 7.15. The minimum absolute atomic E-state index is 0.0782. The second kappa shape index (κ2) is 12.6. The summed E-state index contributed by atoms with van der Waals surface area (Å²) in [4.78, 5) is 12.6. The smallest absolute Gasteiger partial charge is 0.459 e. The lowest BCUT2D eigenvalue weighted by atomic mass is 9.68. The first-order valence-corrected chi connectivity index (χ1v) is 14.5. The third-order valence-electron chi connectivity index (χ3n) is 9.32. The molecule has 1 aromatic carbocycles. The first-order chi connectivity index (χ1) is 18.0. The van der Waals surface area contributed by atoms with Gasteiger partial charge in [-0.3, -0.25) is 0 Å². The Morgan fingerprint density at radius 3 is 1.87 bits per heavy atom. The molecule has 3 aliphatic rings. The van der Waals surface area contributed by atoms with Gasteiger partial charge in [0.2, 0.25) is 0 Å². The van der Waals surface area contributed by atoms with Gasteiger partial charge in [-0.25, -0.2) is 9.53 Å². The zero-order valence-electron chi connectivity index (χ0n) is 22.3. The van der Waals surface area contributed by atoms with Gasteiger partial charge in [0.25, 0.3) is 0 Å². The minimum atomic E-state index is -5.40. The Morgan fingerprint density at radius 2 is 1.34 bits per heavy atom. The molecule has 3 aliphatic carbocycles. The summed E-state index contributed by atoms with van der Waals surface area (Å²) < 4.78 is 72.8. The molecule has 0 aliphatic heterocycles. The minimum Gasteiger partial charge on any atom is -0.459 e. The SMILES string of the molecule is CCCC1CCC(C2CCC(c3ccc(C(=O)OC4CCC(C(F)(F)OC(F)(F)F)CC4)cc3)CC2)CC1. The summed E-state index contributed by atoms with van der Waals surface area (Å²) in [5.74, 6) is 1.10. The Labute approximate surface area is 222 Å². The van der Waals surface area contributed by atoms with Crippen LogP contribution in [-0.2, 0) is 9.47 Å². The quantitative estimate of drug-likeness (QED) is 0.242. The maximum atomic E-state index is 13.8. The van der Waals surface area contributed by atoms with Crippen LogP contribution in [0.2, 0.25) is 0 Å². The van der Waals surface area contributed by atoms with Gasteiger partial charge in [0, 0.05) is 0 Å². The first-order valence-electron chi connectivity index (χ1n) is 14.5. The summed E-state index contributed by atoms with van der Waals surface area (Å²) in [6.07, 6.45) is 2.63. The van der Waals surface area contributed by atoms with Crippen molar-refractivity contribution in [2.24, 2.45) is 23.7 Å². The standard InChI is InChI=1S/C30H41F5O3/c1-2-3-20-4-6-21(7-5-20)22-8-10-23(11-9-22)24-12-14-25(15-13-24)28(36)37-27-18-16-26(17-19-27)29(31,32)38-30(33,34)35/h12-15,20-23,26-27H,2-11,16-19H2,1H3. The molecule has 1 aromatic rings. The molecule has 3 nitrogen and oxygen atoms in total. The van der Waals surface area contributed by atoms with E-state index in [1.807, 2.05) is 12.1 Å². The number of rotatable bonds is 8. The van der Waals surface area contributed by atoms with Crippen molar-refractivity contribution in [2.45, 2.75) is 121 Å². The number of benzene rings is 1. The maximum Gasteiger partial charge on any atom is 0.527 e. The van der Waals surface area contributed by atoms with Crippen molar-refractivity contribution >= 4 is 5.97 Å². The van der Waals surface area contributed by atoms with Crippen molar-refractivity contribution < 1.29 is 36.2 Å². The van der Waals surface area contributed by atoms with Gasteiger partial charge in [0.15, 0.2) is 0 Å². The van der Waals surface area contributed by atoms with Crippen LogP contribution in [0.3, 0.4) is 0 Å². The van der Waals surface area contributed by atoms with Crippen LogP contribution in [0.25, 0.3) is 0 Å². The van der Waals surface area contributed by atoms with E-state index in [0.29, 0.717) is 11.5 Å². The van der Waals surface area contributed by atoms with Crippen LogP contribution in [0.5, 0.6) is 0 Å². The molecule has 0 atom stereocenters. The second-order valence-corrected chi connectivity index (χ2v) is 11.8. The third kappa shape index (κ3) is 7.92. The van der Waals surface area contributed by atoms with Crippen LogP contribution in [0, 0.1) is 23.7 Å². The van der Waals surface area contributed by atoms with Gasteiger partial charge >= 0.3 is 18.4 Å². The predicted octanol–water partition coefficient (Wildman–Crippen LogP) is 9.41. The van der Waals surface area contributed by atoms with E-state index in [0.717, 1.165) is 17.8 Å². The summed E-state index contributed by atoms with van der Waals surface area (Å²) >= 11 is 0. The molecule has 0 heterocycles. The lowest BCUT2D eigenvalue weighted by Gasteiger charge is -2.38. The fourth-order valence-electron chi connectivity index (χ4n) is 7.15. The highest BCUT2D eigenvalue weighted by molar-refractivity contribution is 5.89. The van der Waals surface area contributed by atoms with E-state index in [-0.39, 0.29) is 25.7 Å². The van der Waals surface area contributed by atoms with Crippen molar-refractivity contribution in [1.29, 1.82) is 0 Å². The molecule has 0 amide bonds. The highest BCUT2D eigenvalue weighted by Gasteiger charge is 2.51. The summed E-state index contributed by atoms with van der Waals surface area (Å²) in [5.41, 5.74) is 1.64. The molecule has 214 valence electrons. The van der Waals surface area contributed by atoms with Crippen LogP contribution in [0.1, 0.15) is 119 Å². The molecule has 0 radical (unpaired) electrons. The topological polar surface area (TPSA) is 35.5 Å². The summed E-state index contributed by atoms with van der Waals surface area (Å²) in [6, 6.07) is 7.50. The summed E-state index contributed by atoms with van der Waals surface area (Å²) in [7, 11) is 0. The van der Waals surface area contributed by atoms with E-state index < -0.39 is 30.5 Å². The predicted molar refractivity (Wildman–Crippen MR) is 135 cm³/mol. The van der Waals surface area contributed by atoms with Gasteiger partial charge in [0.05, 0.1) is 11.5 Å². The van der Waals surface area contributed by atoms with Crippen LogP contribution in [0.15, 0.2) is 24.3 Å². The van der Waals surface area contributed by atoms with Crippen LogP contribution in [0.4, 0.5) is 22.0 Å². The van der Waals surface area contributed by atoms with Crippen molar-refractivity contribution in [3.8, 4) is 0 Å². The average Bonchev–Trinajstić information content (AvgIpc) is 2.88. The number of halogens is 5. The summed E-state index contributed by atoms with van der Waals surface area (Å²) in [6.45, 7) is 2.28. The third-order valence-corrected chi connectivity index (χ3v) is 9.32. The average molecular weight is 545 g/mol. The van der Waals surface area contributed by atoms with Crippen molar-refractivity contribution in [2.75, 3.05) is 0 Å². The van der Waals surface area contributed by atoms with Gasteiger partial charge in [-0.15, -0.1) is 13.2 Å². The summed E-state index contributed by atoms with van der Waals surface area (Å²) in [5, 5.41) is 0. The lowest BCUT2D eigenvalue weighted by molar-refractivity contribution is -0.438.